The molecule has 0 radical (unpaired) electrons. The average Bonchev–Trinajstić information content (AvgIpc) is 2.55. The van der Waals surface area contributed by atoms with Crippen LogP contribution in [0.2, 0.25) is 0 Å². The number of nitrogens with zero attached hydrogens (tertiary/aromatic N) is 1. The third kappa shape index (κ3) is 3.48. The molecule has 0 bridgehead atoms. The van der Waals surface area contributed by atoms with Crippen LogP contribution in [0.1, 0.15) is 5.56 Å². The Morgan fingerprint density at radius 2 is 1.88 bits per heavy atom. The van der Waals surface area contributed by atoms with Crippen LogP contribution < -0.4 is 14.8 Å². The SMILES string of the molecule is O=C(Cc1ccccc1[N+](=O)[O-])Nc1cc2c(cc1Br)OCCO2. The second-order valence-electron chi connectivity index (χ2n) is 5.09. The largest absolute Gasteiger partial charge is 0.486 e. The van der Waals surface area contributed by atoms with Crippen molar-refractivity contribution in [2.75, 3.05) is 18.5 Å². The third-order valence-electron chi connectivity index (χ3n) is 3.45. The van der Waals surface area contributed by atoms with Crippen LogP contribution in [0.3, 0.4) is 0 Å². The number of nitrogens with one attached hydrogen (secondary N) is 1. The van der Waals surface area contributed by atoms with Crippen LogP contribution in [0.15, 0.2) is 40.9 Å². The Labute approximate surface area is 145 Å². The molecule has 0 fully saturated rings. The predicted molar refractivity (Wildman–Crippen MR) is 90.6 cm³/mol. The van der Waals surface area contributed by atoms with Gasteiger partial charge in [0.1, 0.15) is 13.2 Å². The monoisotopic (exact) mass is 392 g/mol. The number of nitro groups is 1. The molecule has 2 aromatic carbocycles. The number of hydrogen-bond acceptors (Lipinski definition) is 5. The van der Waals surface area contributed by atoms with E-state index in [1.54, 1.807) is 30.3 Å². The molecule has 3 rings (SSSR count). The van der Waals surface area contributed by atoms with Gasteiger partial charge in [0, 0.05) is 28.2 Å². The van der Waals surface area contributed by atoms with Gasteiger partial charge in [-0.2, -0.15) is 0 Å². The van der Waals surface area contributed by atoms with Crippen molar-refractivity contribution in [3.63, 3.8) is 0 Å². The lowest BCUT2D eigenvalue weighted by Crippen LogP contribution is -2.18. The maximum atomic E-state index is 12.3. The van der Waals surface area contributed by atoms with Crippen molar-refractivity contribution in [3.8, 4) is 11.5 Å². The van der Waals surface area contributed by atoms with E-state index in [1.807, 2.05) is 0 Å². The Morgan fingerprint density at radius 1 is 1.21 bits per heavy atom. The number of carbonyl (C=O) groups is 1. The van der Waals surface area contributed by atoms with E-state index < -0.39 is 4.92 Å². The number of amides is 1. The fourth-order valence-corrected chi connectivity index (χ4v) is 2.79. The molecule has 0 unspecified atom stereocenters. The summed E-state index contributed by atoms with van der Waals surface area (Å²) in [4.78, 5) is 22.8. The number of benzene rings is 2. The molecule has 0 aliphatic carbocycles. The van der Waals surface area contributed by atoms with Crippen LogP contribution in [0, 0.1) is 10.1 Å². The summed E-state index contributed by atoms with van der Waals surface area (Å²) in [6.45, 7) is 0.918. The summed E-state index contributed by atoms with van der Waals surface area (Å²) in [5.74, 6) is 0.789. The molecule has 1 aliphatic heterocycles. The van der Waals surface area contributed by atoms with Crippen molar-refractivity contribution in [1.29, 1.82) is 0 Å². The van der Waals surface area contributed by atoms with E-state index in [-0.39, 0.29) is 18.0 Å². The minimum atomic E-state index is -0.497. The fraction of sp³-hybridized carbons (Fsp3) is 0.188. The van der Waals surface area contributed by atoms with E-state index in [4.69, 9.17) is 9.47 Å². The molecule has 0 aromatic heterocycles. The number of fused-ring (bicyclic) bond motifs is 1. The molecule has 124 valence electrons. The van der Waals surface area contributed by atoms with Gasteiger partial charge in [-0.25, -0.2) is 0 Å². The lowest BCUT2D eigenvalue weighted by molar-refractivity contribution is -0.385. The van der Waals surface area contributed by atoms with Crippen LogP contribution in [0.4, 0.5) is 11.4 Å². The standard InChI is InChI=1S/C16H13BrN2O5/c17-11-8-14-15(24-6-5-23-14)9-12(11)18-16(20)7-10-3-1-2-4-13(10)19(21)22/h1-4,8-9H,5-7H2,(H,18,20). The minimum absolute atomic E-state index is 0.0751. The first-order valence-corrected chi connectivity index (χ1v) is 7.95. The highest BCUT2D eigenvalue weighted by atomic mass is 79.9. The molecule has 7 nitrogen and oxygen atoms in total. The summed E-state index contributed by atoms with van der Waals surface area (Å²) >= 11 is 3.37. The summed E-state index contributed by atoms with van der Waals surface area (Å²) in [5.41, 5.74) is 0.797. The first kappa shape index (κ1) is 16.3. The molecule has 2 aromatic rings. The molecule has 24 heavy (non-hydrogen) atoms. The summed E-state index contributed by atoms with van der Waals surface area (Å²) < 4.78 is 11.6. The molecule has 0 saturated heterocycles. The first-order valence-electron chi connectivity index (χ1n) is 7.16. The van der Waals surface area contributed by atoms with Crippen LogP contribution in [0.25, 0.3) is 0 Å². The van der Waals surface area contributed by atoms with E-state index in [0.29, 0.717) is 40.4 Å². The van der Waals surface area contributed by atoms with E-state index >= 15 is 0 Å². The van der Waals surface area contributed by atoms with Crippen molar-refractivity contribution >= 4 is 33.2 Å². The van der Waals surface area contributed by atoms with Gasteiger partial charge in [0.15, 0.2) is 11.5 Å². The number of para-hydroxylation sites is 1. The normalized spacial score (nSPS) is 12.5. The molecule has 0 saturated carbocycles. The topological polar surface area (TPSA) is 90.7 Å². The van der Waals surface area contributed by atoms with E-state index in [1.165, 1.54) is 6.07 Å². The molecule has 1 aliphatic rings. The Balaban J connectivity index is 1.77. The van der Waals surface area contributed by atoms with Gasteiger partial charge in [0.2, 0.25) is 5.91 Å². The quantitative estimate of drug-likeness (QED) is 0.636. The highest BCUT2D eigenvalue weighted by Crippen LogP contribution is 2.38. The smallest absolute Gasteiger partial charge is 0.273 e. The number of carbonyl (C=O) groups excluding carboxylic acids is 1. The minimum Gasteiger partial charge on any atom is -0.486 e. The Hall–Kier alpha value is -2.61. The van der Waals surface area contributed by atoms with Crippen molar-refractivity contribution < 1.29 is 19.2 Å². The fourth-order valence-electron chi connectivity index (χ4n) is 2.37. The second kappa shape index (κ2) is 6.88. The van der Waals surface area contributed by atoms with Gasteiger partial charge in [-0.1, -0.05) is 18.2 Å². The van der Waals surface area contributed by atoms with Gasteiger partial charge < -0.3 is 14.8 Å². The molecule has 1 heterocycles. The summed E-state index contributed by atoms with van der Waals surface area (Å²) in [7, 11) is 0. The highest BCUT2D eigenvalue weighted by molar-refractivity contribution is 9.10. The number of ether oxygens (including phenoxy) is 2. The van der Waals surface area contributed by atoms with E-state index in [2.05, 4.69) is 21.2 Å². The van der Waals surface area contributed by atoms with Gasteiger partial charge in [-0.05, 0) is 15.9 Å². The van der Waals surface area contributed by atoms with Crippen molar-refractivity contribution in [2.45, 2.75) is 6.42 Å². The summed E-state index contributed by atoms with van der Waals surface area (Å²) in [5, 5.41) is 13.7. The molecular formula is C16H13BrN2O5. The van der Waals surface area contributed by atoms with Gasteiger partial charge >= 0.3 is 0 Å². The van der Waals surface area contributed by atoms with Crippen molar-refractivity contribution in [3.05, 3.63) is 56.5 Å². The molecule has 0 atom stereocenters. The molecule has 0 spiro atoms. The number of rotatable bonds is 4. The van der Waals surface area contributed by atoms with Crippen LogP contribution in [-0.2, 0) is 11.2 Å². The average molecular weight is 393 g/mol. The Morgan fingerprint density at radius 3 is 2.58 bits per heavy atom. The zero-order valence-corrected chi connectivity index (χ0v) is 14.0. The highest BCUT2D eigenvalue weighted by Gasteiger charge is 2.18. The molecular weight excluding hydrogens is 380 g/mol. The zero-order valence-electron chi connectivity index (χ0n) is 12.5. The predicted octanol–water partition coefficient (Wildman–Crippen LogP) is 3.31. The first-order chi connectivity index (χ1) is 11.5. The number of halogens is 1. The number of hydrogen-bond donors (Lipinski definition) is 1. The Kier molecular flexibility index (Phi) is 4.66. The van der Waals surface area contributed by atoms with Gasteiger partial charge in [0.25, 0.3) is 5.69 Å². The van der Waals surface area contributed by atoms with Crippen molar-refractivity contribution in [2.24, 2.45) is 0 Å². The van der Waals surface area contributed by atoms with Gasteiger partial charge in [-0.15, -0.1) is 0 Å². The van der Waals surface area contributed by atoms with Crippen molar-refractivity contribution in [1.82, 2.24) is 0 Å². The molecule has 8 heteroatoms. The van der Waals surface area contributed by atoms with E-state index in [0.717, 1.165) is 0 Å². The molecule has 1 amide bonds. The second-order valence-corrected chi connectivity index (χ2v) is 5.94. The number of nitro benzene ring substituents is 1. The van der Waals surface area contributed by atoms with E-state index in [9.17, 15) is 14.9 Å². The van der Waals surface area contributed by atoms with Crippen LogP contribution in [0.5, 0.6) is 11.5 Å². The Bertz CT molecular complexity index is 809. The van der Waals surface area contributed by atoms with Gasteiger partial charge in [0.05, 0.1) is 17.0 Å². The molecule has 1 N–H and O–H groups in total. The lowest BCUT2D eigenvalue weighted by atomic mass is 10.1. The third-order valence-corrected chi connectivity index (χ3v) is 4.10. The maximum absolute atomic E-state index is 12.3. The summed E-state index contributed by atoms with van der Waals surface area (Å²) in [6, 6.07) is 9.55. The van der Waals surface area contributed by atoms with Gasteiger partial charge in [-0.3, -0.25) is 14.9 Å². The summed E-state index contributed by atoms with van der Waals surface area (Å²) in [6.07, 6.45) is -0.0992. The number of anilines is 1. The van der Waals surface area contributed by atoms with Crippen LogP contribution >= 0.6 is 15.9 Å². The maximum Gasteiger partial charge on any atom is 0.273 e. The van der Waals surface area contributed by atoms with Crippen LogP contribution in [-0.4, -0.2) is 24.0 Å². The zero-order chi connectivity index (χ0) is 17.1. The lowest BCUT2D eigenvalue weighted by Gasteiger charge is -2.20.